The van der Waals surface area contributed by atoms with Gasteiger partial charge in [0.1, 0.15) is 5.75 Å². The third kappa shape index (κ3) is 4.61. The average Bonchev–Trinajstić information content (AvgIpc) is 2.31. The lowest BCUT2D eigenvalue weighted by atomic mass is 10.3. The number of benzene rings is 1. The Kier molecular flexibility index (Phi) is 7.30. The van der Waals surface area contributed by atoms with Crippen LogP contribution in [0, 0.1) is 0 Å². The molecule has 2 rings (SSSR count). The first-order chi connectivity index (χ1) is 7.38. The maximum absolute atomic E-state index is 5.53. The lowest BCUT2D eigenvalue weighted by Crippen LogP contribution is -1.97. The van der Waals surface area contributed by atoms with Gasteiger partial charge in [-0.2, -0.15) is 0 Å². The van der Waals surface area contributed by atoms with Crippen molar-refractivity contribution in [1.82, 2.24) is 4.98 Å². The Morgan fingerprint density at radius 2 is 1.71 bits per heavy atom. The van der Waals surface area contributed by atoms with Crippen LogP contribution in [0.3, 0.4) is 0 Å². The van der Waals surface area contributed by atoms with Gasteiger partial charge in [-0.3, -0.25) is 0 Å². The Hall–Kier alpha value is -1.29. The monoisotopic (exact) mass is 272 g/mol. The zero-order valence-corrected chi connectivity index (χ0v) is 10.7. The van der Waals surface area contributed by atoms with Gasteiger partial charge in [0.25, 0.3) is 0 Å². The third-order valence-electron chi connectivity index (χ3n) is 2.00. The fourth-order valence-corrected chi connectivity index (χ4v) is 1.20. The number of aromatic nitrogens is 1. The Balaban J connectivity index is 0.00000128. The quantitative estimate of drug-likeness (QED) is 0.934. The molecule has 2 aromatic rings. The van der Waals surface area contributed by atoms with Gasteiger partial charge in [-0.1, -0.05) is 24.3 Å². The van der Waals surface area contributed by atoms with Gasteiger partial charge < -0.3 is 10.5 Å². The number of para-hydroxylation sites is 1. The molecular formula is C12H14Cl2N2O. The Labute approximate surface area is 113 Å². The van der Waals surface area contributed by atoms with Crippen molar-refractivity contribution in [2.75, 3.05) is 0 Å². The fraction of sp³-hybridized carbons (Fsp3) is 0.0833. The number of rotatable bonds is 3. The van der Waals surface area contributed by atoms with Gasteiger partial charge in [0.2, 0.25) is 5.88 Å². The Bertz CT molecular complexity index is 420. The molecule has 3 nitrogen and oxygen atoms in total. The van der Waals surface area contributed by atoms with Crippen molar-refractivity contribution in [1.29, 1.82) is 0 Å². The van der Waals surface area contributed by atoms with Crippen LogP contribution in [0.4, 0.5) is 0 Å². The summed E-state index contributed by atoms with van der Waals surface area (Å²) in [6, 6.07) is 13.3. The number of hydrogen-bond acceptors (Lipinski definition) is 3. The molecule has 0 spiro atoms. The van der Waals surface area contributed by atoms with E-state index in [0.29, 0.717) is 12.4 Å². The minimum Gasteiger partial charge on any atom is -0.439 e. The van der Waals surface area contributed by atoms with Gasteiger partial charge in [0.05, 0.1) is 0 Å². The molecule has 0 bridgehead atoms. The molecule has 92 valence electrons. The zero-order valence-electron chi connectivity index (χ0n) is 9.08. The first kappa shape index (κ1) is 15.7. The number of nitrogens with two attached hydrogens (primary N) is 1. The van der Waals surface area contributed by atoms with Crippen molar-refractivity contribution in [3.05, 3.63) is 54.2 Å². The summed E-state index contributed by atoms with van der Waals surface area (Å²) in [6.07, 6.45) is 1.72. The molecule has 0 saturated carbocycles. The van der Waals surface area contributed by atoms with E-state index in [1.807, 2.05) is 42.5 Å². The first-order valence-corrected chi connectivity index (χ1v) is 4.76. The van der Waals surface area contributed by atoms with E-state index >= 15 is 0 Å². The predicted molar refractivity (Wildman–Crippen MR) is 73.1 cm³/mol. The summed E-state index contributed by atoms with van der Waals surface area (Å²) in [4.78, 5) is 4.14. The van der Waals surface area contributed by atoms with Gasteiger partial charge in [0.15, 0.2) is 0 Å². The van der Waals surface area contributed by atoms with Crippen LogP contribution in [0.25, 0.3) is 0 Å². The van der Waals surface area contributed by atoms with E-state index in [1.165, 1.54) is 0 Å². The maximum Gasteiger partial charge on any atom is 0.219 e. The Morgan fingerprint density at radius 3 is 2.24 bits per heavy atom. The molecule has 0 aliphatic carbocycles. The van der Waals surface area contributed by atoms with Crippen LogP contribution in [0.5, 0.6) is 11.6 Å². The van der Waals surface area contributed by atoms with E-state index in [0.717, 1.165) is 11.3 Å². The highest BCUT2D eigenvalue weighted by atomic mass is 35.5. The summed E-state index contributed by atoms with van der Waals surface area (Å²) in [5.74, 6) is 1.36. The van der Waals surface area contributed by atoms with Crippen molar-refractivity contribution in [2.24, 2.45) is 5.73 Å². The molecule has 0 aliphatic rings. The van der Waals surface area contributed by atoms with Gasteiger partial charge in [-0.05, 0) is 17.7 Å². The molecule has 0 radical (unpaired) electrons. The summed E-state index contributed by atoms with van der Waals surface area (Å²) < 4.78 is 5.53. The summed E-state index contributed by atoms with van der Waals surface area (Å²) in [5, 5.41) is 0. The molecule has 1 heterocycles. The molecule has 1 aromatic carbocycles. The highest BCUT2D eigenvalue weighted by Crippen LogP contribution is 2.18. The Morgan fingerprint density at radius 1 is 1.00 bits per heavy atom. The van der Waals surface area contributed by atoms with E-state index in [-0.39, 0.29) is 24.8 Å². The van der Waals surface area contributed by atoms with Gasteiger partial charge in [-0.25, -0.2) is 4.98 Å². The highest BCUT2D eigenvalue weighted by molar-refractivity contribution is 5.85. The minimum atomic E-state index is 0. The SMILES string of the molecule is Cl.Cl.NCc1ccc(Oc2ccccc2)nc1. The predicted octanol–water partition coefficient (Wildman–Crippen LogP) is 3.18. The van der Waals surface area contributed by atoms with Crippen molar-refractivity contribution in [3.63, 3.8) is 0 Å². The molecule has 5 heteroatoms. The van der Waals surface area contributed by atoms with Crippen LogP contribution in [0.15, 0.2) is 48.7 Å². The van der Waals surface area contributed by atoms with Gasteiger partial charge in [0, 0.05) is 18.8 Å². The van der Waals surface area contributed by atoms with Crippen molar-refractivity contribution < 1.29 is 4.74 Å². The van der Waals surface area contributed by atoms with Crippen molar-refractivity contribution in [3.8, 4) is 11.6 Å². The van der Waals surface area contributed by atoms with Crippen LogP contribution >= 0.6 is 24.8 Å². The van der Waals surface area contributed by atoms with Gasteiger partial charge >= 0.3 is 0 Å². The van der Waals surface area contributed by atoms with Crippen LogP contribution in [0.2, 0.25) is 0 Å². The normalized spacial score (nSPS) is 8.76. The summed E-state index contributed by atoms with van der Waals surface area (Å²) in [7, 11) is 0. The molecular weight excluding hydrogens is 259 g/mol. The van der Waals surface area contributed by atoms with E-state index in [2.05, 4.69) is 4.98 Å². The lowest BCUT2D eigenvalue weighted by molar-refractivity contribution is 0.462. The van der Waals surface area contributed by atoms with Crippen LogP contribution in [0.1, 0.15) is 5.56 Å². The molecule has 0 aliphatic heterocycles. The second-order valence-electron chi connectivity index (χ2n) is 3.12. The first-order valence-electron chi connectivity index (χ1n) is 4.76. The minimum absolute atomic E-state index is 0. The summed E-state index contributed by atoms with van der Waals surface area (Å²) in [6.45, 7) is 0.499. The molecule has 0 unspecified atom stereocenters. The van der Waals surface area contributed by atoms with E-state index in [9.17, 15) is 0 Å². The van der Waals surface area contributed by atoms with E-state index in [1.54, 1.807) is 6.20 Å². The summed E-state index contributed by atoms with van der Waals surface area (Å²) in [5.41, 5.74) is 6.47. The molecule has 0 saturated heterocycles. The van der Waals surface area contributed by atoms with Crippen LogP contribution in [-0.4, -0.2) is 4.98 Å². The molecule has 0 atom stereocenters. The van der Waals surface area contributed by atoms with E-state index < -0.39 is 0 Å². The third-order valence-corrected chi connectivity index (χ3v) is 2.00. The van der Waals surface area contributed by atoms with Crippen molar-refractivity contribution in [2.45, 2.75) is 6.54 Å². The van der Waals surface area contributed by atoms with Gasteiger partial charge in [-0.15, -0.1) is 24.8 Å². The smallest absolute Gasteiger partial charge is 0.219 e. The lowest BCUT2D eigenvalue weighted by Gasteiger charge is -2.04. The summed E-state index contributed by atoms with van der Waals surface area (Å²) >= 11 is 0. The van der Waals surface area contributed by atoms with Crippen LogP contribution < -0.4 is 10.5 Å². The molecule has 0 fully saturated rings. The maximum atomic E-state index is 5.53. The topological polar surface area (TPSA) is 48.1 Å². The van der Waals surface area contributed by atoms with E-state index in [4.69, 9.17) is 10.5 Å². The second kappa shape index (κ2) is 7.90. The molecule has 1 aromatic heterocycles. The highest BCUT2D eigenvalue weighted by Gasteiger charge is 1.97. The number of pyridine rings is 1. The zero-order chi connectivity index (χ0) is 10.5. The van der Waals surface area contributed by atoms with Crippen molar-refractivity contribution >= 4 is 24.8 Å². The molecule has 2 N–H and O–H groups in total. The largest absolute Gasteiger partial charge is 0.439 e. The average molecular weight is 273 g/mol. The number of halogens is 2. The molecule has 0 amide bonds. The number of ether oxygens (including phenoxy) is 1. The molecule has 17 heavy (non-hydrogen) atoms. The fourth-order valence-electron chi connectivity index (χ4n) is 1.20. The van der Waals surface area contributed by atoms with Crippen LogP contribution in [-0.2, 0) is 6.54 Å². The number of hydrogen-bond donors (Lipinski definition) is 1. The standard InChI is InChI=1S/C12H12N2O.2ClH/c13-8-10-6-7-12(14-9-10)15-11-4-2-1-3-5-11;;/h1-7,9H,8,13H2;2*1H. The number of nitrogens with zero attached hydrogens (tertiary/aromatic N) is 1. The second-order valence-corrected chi connectivity index (χ2v) is 3.12.